The summed E-state index contributed by atoms with van der Waals surface area (Å²) in [6.07, 6.45) is 2.68. The number of anilines is 1. The highest BCUT2D eigenvalue weighted by atomic mass is 16.5. The van der Waals surface area contributed by atoms with Gasteiger partial charge in [0, 0.05) is 12.1 Å². The summed E-state index contributed by atoms with van der Waals surface area (Å²) in [5.74, 6) is 1.87. The van der Waals surface area contributed by atoms with E-state index in [2.05, 4.69) is 57.3 Å². The second kappa shape index (κ2) is 16.0. The van der Waals surface area contributed by atoms with Crippen molar-refractivity contribution < 1.29 is 23.8 Å². The number of amides is 1. The number of carbonyl (C=O) groups is 2. The lowest BCUT2D eigenvalue weighted by Gasteiger charge is -2.24. The van der Waals surface area contributed by atoms with Crippen molar-refractivity contribution in [3.63, 3.8) is 0 Å². The highest BCUT2D eigenvalue weighted by Gasteiger charge is 2.19. The lowest BCUT2D eigenvalue weighted by atomic mass is 9.96. The van der Waals surface area contributed by atoms with Gasteiger partial charge in [0.25, 0.3) is 5.91 Å². The quantitative estimate of drug-likeness (QED) is 0.145. The molecule has 226 valence electrons. The number of carbonyl (C=O) groups excluding carboxylic acids is 2. The zero-order valence-electron chi connectivity index (χ0n) is 26.3. The van der Waals surface area contributed by atoms with Crippen molar-refractivity contribution in [3.05, 3.63) is 88.5 Å². The van der Waals surface area contributed by atoms with Crippen molar-refractivity contribution >= 4 is 17.6 Å². The van der Waals surface area contributed by atoms with E-state index < -0.39 is 0 Å². The highest BCUT2D eigenvalue weighted by Crippen LogP contribution is 2.34. The number of esters is 1. The molecule has 3 aromatic carbocycles. The highest BCUT2D eigenvalue weighted by molar-refractivity contribution is 6.06. The van der Waals surface area contributed by atoms with E-state index in [1.54, 1.807) is 25.1 Å². The lowest BCUT2D eigenvalue weighted by molar-refractivity contribution is -0.143. The molecule has 0 saturated heterocycles. The van der Waals surface area contributed by atoms with Gasteiger partial charge in [-0.25, -0.2) is 0 Å². The first-order chi connectivity index (χ1) is 20.1. The van der Waals surface area contributed by atoms with Crippen LogP contribution in [0.15, 0.2) is 60.7 Å². The first-order valence-electron chi connectivity index (χ1n) is 15.1. The van der Waals surface area contributed by atoms with E-state index in [9.17, 15) is 9.59 Å². The Bertz CT molecular complexity index is 1310. The van der Waals surface area contributed by atoms with Crippen LogP contribution >= 0.6 is 0 Å². The summed E-state index contributed by atoms with van der Waals surface area (Å²) in [6, 6.07) is 19.8. The van der Waals surface area contributed by atoms with Gasteiger partial charge in [0.1, 0.15) is 17.6 Å². The Kier molecular flexibility index (Phi) is 12.5. The van der Waals surface area contributed by atoms with E-state index in [1.165, 1.54) is 11.1 Å². The molecule has 1 atom stereocenters. The monoisotopic (exact) mass is 573 g/mol. The molecule has 0 saturated carbocycles. The Hall–Kier alpha value is -3.80. The van der Waals surface area contributed by atoms with Crippen LogP contribution in [0.2, 0.25) is 0 Å². The Balaban J connectivity index is 1.72. The first-order valence-corrected chi connectivity index (χ1v) is 15.1. The van der Waals surface area contributed by atoms with Crippen LogP contribution < -0.4 is 14.8 Å². The third-order valence-corrected chi connectivity index (χ3v) is 7.16. The molecule has 6 heteroatoms. The minimum Gasteiger partial charge on any atom is -0.493 e. The maximum absolute atomic E-state index is 13.3. The fourth-order valence-electron chi connectivity index (χ4n) is 4.83. The fourth-order valence-corrected chi connectivity index (χ4v) is 4.83. The second-order valence-corrected chi connectivity index (χ2v) is 11.6. The van der Waals surface area contributed by atoms with E-state index in [4.69, 9.17) is 14.2 Å². The molecule has 6 nitrogen and oxygen atoms in total. The minimum absolute atomic E-state index is 0.0653. The number of hydrogen-bond acceptors (Lipinski definition) is 5. The van der Waals surface area contributed by atoms with Gasteiger partial charge >= 0.3 is 5.97 Å². The van der Waals surface area contributed by atoms with Gasteiger partial charge in [0.05, 0.1) is 18.8 Å². The predicted molar refractivity (Wildman–Crippen MR) is 169 cm³/mol. The molecule has 0 aliphatic rings. The smallest absolute Gasteiger partial charge is 0.305 e. The predicted octanol–water partition coefficient (Wildman–Crippen LogP) is 8.64. The zero-order chi connectivity index (χ0) is 30.6. The van der Waals surface area contributed by atoms with E-state index in [1.807, 2.05) is 32.0 Å². The van der Waals surface area contributed by atoms with Gasteiger partial charge in [-0.15, -0.1) is 0 Å². The molecule has 0 aromatic heterocycles. The van der Waals surface area contributed by atoms with Crippen LogP contribution in [0, 0.1) is 25.7 Å². The van der Waals surface area contributed by atoms with Crippen LogP contribution in [-0.2, 0) is 16.0 Å². The average Bonchev–Trinajstić information content (AvgIpc) is 2.95. The van der Waals surface area contributed by atoms with E-state index >= 15 is 0 Å². The molecule has 0 fully saturated rings. The molecular weight excluding hydrogens is 526 g/mol. The third kappa shape index (κ3) is 9.64. The van der Waals surface area contributed by atoms with Crippen molar-refractivity contribution in [1.29, 1.82) is 0 Å². The van der Waals surface area contributed by atoms with E-state index in [-0.39, 0.29) is 24.4 Å². The largest absolute Gasteiger partial charge is 0.493 e. The number of benzene rings is 3. The zero-order valence-corrected chi connectivity index (χ0v) is 26.3. The van der Waals surface area contributed by atoms with Gasteiger partial charge in [0.2, 0.25) is 0 Å². The molecule has 3 aromatic rings. The van der Waals surface area contributed by atoms with Crippen LogP contribution in [-0.4, -0.2) is 25.1 Å². The van der Waals surface area contributed by atoms with Crippen LogP contribution in [0.1, 0.15) is 92.6 Å². The molecule has 0 bridgehead atoms. The average molecular weight is 574 g/mol. The van der Waals surface area contributed by atoms with Crippen LogP contribution in [0.5, 0.6) is 11.5 Å². The molecule has 0 radical (unpaired) electrons. The van der Waals surface area contributed by atoms with Gasteiger partial charge in [0.15, 0.2) is 0 Å². The Morgan fingerprint density at radius 2 is 1.55 bits per heavy atom. The van der Waals surface area contributed by atoms with Gasteiger partial charge in [-0.05, 0) is 98.4 Å². The van der Waals surface area contributed by atoms with Crippen molar-refractivity contribution in [2.24, 2.45) is 11.8 Å². The third-order valence-electron chi connectivity index (χ3n) is 7.16. The first kappa shape index (κ1) is 32.7. The molecule has 42 heavy (non-hydrogen) atoms. The molecular formula is C36H47NO5. The number of para-hydroxylation sites is 1. The number of hydrogen-bond donors (Lipinski definition) is 1. The molecule has 1 unspecified atom stereocenters. The van der Waals surface area contributed by atoms with Crippen molar-refractivity contribution in [1.82, 2.24) is 0 Å². The summed E-state index contributed by atoms with van der Waals surface area (Å²) in [5.41, 5.74) is 5.60. The topological polar surface area (TPSA) is 73.9 Å². The van der Waals surface area contributed by atoms with E-state index in [0.717, 1.165) is 35.4 Å². The van der Waals surface area contributed by atoms with Crippen LogP contribution in [0.3, 0.4) is 0 Å². The fraction of sp³-hybridized carbons (Fsp3) is 0.444. The Morgan fingerprint density at radius 1 is 0.833 bits per heavy atom. The summed E-state index contributed by atoms with van der Waals surface area (Å²) in [4.78, 5) is 24.9. The SMILES string of the molecule is CCOC(=O)CCCOc1ccccc1C(=O)Nc1ccc(OC(CC(C)C)c2ccc(CC(C)C)cc2)c(C)c1C. The van der Waals surface area contributed by atoms with Crippen molar-refractivity contribution in [2.75, 3.05) is 18.5 Å². The van der Waals surface area contributed by atoms with Crippen LogP contribution in [0.4, 0.5) is 5.69 Å². The normalized spacial score (nSPS) is 11.8. The molecule has 1 N–H and O–H groups in total. The maximum Gasteiger partial charge on any atom is 0.305 e. The van der Waals surface area contributed by atoms with Gasteiger partial charge in [-0.3, -0.25) is 9.59 Å². The van der Waals surface area contributed by atoms with Gasteiger partial charge < -0.3 is 19.5 Å². The minimum atomic E-state index is -0.258. The maximum atomic E-state index is 13.3. The van der Waals surface area contributed by atoms with Crippen molar-refractivity contribution in [2.45, 2.75) is 80.3 Å². The molecule has 0 spiro atoms. The van der Waals surface area contributed by atoms with Crippen LogP contribution in [0.25, 0.3) is 0 Å². The Morgan fingerprint density at radius 3 is 2.21 bits per heavy atom. The summed E-state index contributed by atoms with van der Waals surface area (Å²) >= 11 is 0. The second-order valence-electron chi connectivity index (χ2n) is 11.6. The number of ether oxygens (including phenoxy) is 3. The number of nitrogens with one attached hydrogen (secondary N) is 1. The molecule has 3 rings (SSSR count). The van der Waals surface area contributed by atoms with Gasteiger partial charge in [-0.1, -0.05) is 64.1 Å². The molecule has 0 aliphatic heterocycles. The summed E-state index contributed by atoms with van der Waals surface area (Å²) in [7, 11) is 0. The Labute approximate surface area is 251 Å². The summed E-state index contributed by atoms with van der Waals surface area (Å²) < 4.78 is 17.4. The van der Waals surface area contributed by atoms with Crippen molar-refractivity contribution in [3.8, 4) is 11.5 Å². The molecule has 1 amide bonds. The molecule has 0 heterocycles. The van der Waals surface area contributed by atoms with Gasteiger partial charge in [-0.2, -0.15) is 0 Å². The summed E-state index contributed by atoms with van der Waals surface area (Å²) in [5, 5.41) is 3.05. The standard InChI is InChI=1S/C36H47NO5/c1-8-40-35(38)14-11-21-41-33-13-10-9-12-30(33)36(39)37-31-19-20-32(27(7)26(31)6)42-34(23-25(4)5)29-17-15-28(16-18-29)22-24(2)3/h9-10,12-13,15-20,24-25,34H,8,11,14,21-23H2,1-7H3,(H,37,39). The summed E-state index contributed by atoms with van der Waals surface area (Å²) in [6.45, 7) is 15.4. The van der Waals surface area contributed by atoms with E-state index in [0.29, 0.717) is 42.8 Å². The molecule has 0 aliphatic carbocycles. The lowest BCUT2D eigenvalue weighted by Crippen LogP contribution is -2.16. The number of rotatable bonds is 15.